The van der Waals surface area contributed by atoms with Crippen LogP contribution in [0.25, 0.3) is 10.9 Å². The van der Waals surface area contributed by atoms with Crippen molar-refractivity contribution in [1.82, 2.24) is 19.8 Å². The van der Waals surface area contributed by atoms with Gasteiger partial charge in [-0.2, -0.15) is 5.10 Å². The summed E-state index contributed by atoms with van der Waals surface area (Å²) in [5, 5.41) is 7.83. The third-order valence-electron chi connectivity index (χ3n) is 4.27. The minimum Gasteiger partial charge on any atom is -0.337 e. The number of carbonyl (C=O) groups excluding carboxylic acids is 1. The average Bonchev–Trinajstić information content (AvgIpc) is 2.98. The number of amides is 1. The molecule has 0 atom stereocenters. The van der Waals surface area contributed by atoms with Crippen LogP contribution in [0, 0.1) is 0 Å². The summed E-state index contributed by atoms with van der Waals surface area (Å²) >= 11 is 0. The van der Waals surface area contributed by atoms with Gasteiger partial charge in [0.15, 0.2) is 5.69 Å². The Bertz CT molecular complexity index is 823. The number of likely N-dealkylation sites (tertiary alicyclic amines) is 1. The number of carbonyl (C=O) groups is 1. The van der Waals surface area contributed by atoms with E-state index in [1.807, 2.05) is 31.2 Å². The fourth-order valence-electron chi connectivity index (χ4n) is 3.06. The summed E-state index contributed by atoms with van der Waals surface area (Å²) in [5.41, 5.74) is 1.26. The number of hydrogen-bond donors (Lipinski definition) is 2. The standard InChI is InChI=1S/C16H22N4O3S/c1-2-11-24(22,23)19-12-7-9-20(10-8-12)16(21)15-13-5-3-4-6-14(13)17-18-15/h3-6,12,19H,2,7-11H2,1H3,(H,17,18). The van der Waals surface area contributed by atoms with Crippen LogP contribution in [0.15, 0.2) is 24.3 Å². The van der Waals surface area contributed by atoms with E-state index >= 15 is 0 Å². The third kappa shape index (κ3) is 3.59. The van der Waals surface area contributed by atoms with Crippen molar-refractivity contribution < 1.29 is 13.2 Å². The highest BCUT2D eigenvalue weighted by molar-refractivity contribution is 7.89. The van der Waals surface area contributed by atoms with Gasteiger partial charge in [-0.15, -0.1) is 0 Å². The molecule has 8 heteroatoms. The minimum absolute atomic E-state index is 0.0958. The predicted octanol–water partition coefficient (Wildman–Crippen LogP) is 1.50. The predicted molar refractivity (Wildman–Crippen MR) is 92.2 cm³/mol. The van der Waals surface area contributed by atoms with Gasteiger partial charge in [0.1, 0.15) is 0 Å². The lowest BCUT2D eigenvalue weighted by atomic mass is 10.1. The molecule has 1 aromatic carbocycles. The van der Waals surface area contributed by atoms with E-state index in [1.54, 1.807) is 4.90 Å². The summed E-state index contributed by atoms with van der Waals surface area (Å²) in [6.45, 7) is 2.90. The normalized spacial score (nSPS) is 16.6. The number of fused-ring (bicyclic) bond motifs is 1. The van der Waals surface area contributed by atoms with Crippen LogP contribution in [0.4, 0.5) is 0 Å². The van der Waals surface area contributed by atoms with Gasteiger partial charge in [-0.3, -0.25) is 9.89 Å². The van der Waals surface area contributed by atoms with E-state index in [0.717, 1.165) is 10.9 Å². The number of H-pyrrole nitrogens is 1. The highest BCUT2D eigenvalue weighted by Crippen LogP contribution is 2.19. The molecule has 0 aliphatic carbocycles. The maximum atomic E-state index is 12.7. The van der Waals surface area contributed by atoms with Gasteiger partial charge >= 0.3 is 0 Å². The molecule has 1 amide bonds. The molecule has 1 saturated heterocycles. The third-order valence-corrected chi connectivity index (χ3v) is 5.91. The zero-order chi connectivity index (χ0) is 17.2. The molecule has 0 spiro atoms. The van der Waals surface area contributed by atoms with Gasteiger partial charge in [0.25, 0.3) is 5.91 Å². The zero-order valence-electron chi connectivity index (χ0n) is 13.7. The van der Waals surface area contributed by atoms with E-state index in [2.05, 4.69) is 14.9 Å². The first-order valence-corrected chi connectivity index (χ1v) is 9.88. The molecule has 2 N–H and O–H groups in total. The number of rotatable bonds is 5. The number of aromatic amines is 1. The Balaban J connectivity index is 1.63. The number of para-hydroxylation sites is 1. The summed E-state index contributed by atoms with van der Waals surface area (Å²) < 4.78 is 26.4. The summed E-state index contributed by atoms with van der Waals surface area (Å²) in [6, 6.07) is 7.43. The first-order valence-electron chi connectivity index (χ1n) is 8.22. The molecule has 1 aliphatic rings. The van der Waals surface area contributed by atoms with Gasteiger partial charge in [-0.1, -0.05) is 25.1 Å². The Labute approximate surface area is 141 Å². The molecule has 0 radical (unpaired) electrons. The van der Waals surface area contributed by atoms with Crippen molar-refractivity contribution in [2.24, 2.45) is 0 Å². The second-order valence-electron chi connectivity index (χ2n) is 6.12. The number of benzene rings is 1. The average molecular weight is 350 g/mol. The highest BCUT2D eigenvalue weighted by Gasteiger charge is 2.27. The van der Waals surface area contributed by atoms with Gasteiger partial charge in [0.2, 0.25) is 10.0 Å². The molecule has 0 unspecified atom stereocenters. The van der Waals surface area contributed by atoms with E-state index in [9.17, 15) is 13.2 Å². The largest absolute Gasteiger partial charge is 0.337 e. The Hall–Kier alpha value is -1.93. The minimum atomic E-state index is -3.21. The first kappa shape index (κ1) is 16.9. The maximum absolute atomic E-state index is 12.7. The molecule has 1 fully saturated rings. The number of aromatic nitrogens is 2. The van der Waals surface area contributed by atoms with Gasteiger partial charge in [0.05, 0.1) is 11.3 Å². The molecular weight excluding hydrogens is 328 g/mol. The van der Waals surface area contributed by atoms with Crippen molar-refractivity contribution >= 4 is 26.8 Å². The number of nitrogens with one attached hydrogen (secondary N) is 2. The van der Waals surface area contributed by atoms with Gasteiger partial charge < -0.3 is 4.90 Å². The number of nitrogens with zero attached hydrogens (tertiary/aromatic N) is 2. The molecule has 2 heterocycles. The lowest BCUT2D eigenvalue weighted by molar-refractivity contribution is 0.0707. The topological polar surface area (TPSA) is 95.2 Å². The van der Waals surface area contributed by atoms with Crippen molar-refractivity contribution in [3.05, 3.63) is 30.0 Å². The van der Waals surface area contributed by atoms with Crippen LogP contribution in [0.5, 0.6) is 0 Å². The molecule has 7 nitrogen and oxygen atoms in total. The van der Waals surface area contributed by atoms with Crippen LogP contribution in [-0.4, -0.2) is 54.3 Å². The molecule has 24 heavy (non-hydrogen) atoms. The van der Waals surface area contributed by atoms with E-state index in [0.29, 0.717) is 38.0 Å². The van der Waals surface area contributed by atoms with Gasteiger partial charge in [-0.05, 0) is 25.3 Å². The van der Waals surface area contributed by atoms with Gasteiger partial charge in [0, 0.05) is 24.5 Å². The number of sulfonamides is 1. The fourth-order valence-corrected chi connectivity index (χ4v) is 4.46. The second kappa shape index (κ2) is 6.90. The summed E-state index contributed by atoms with van der Waals surface area (Å²) in [5.74, 6) is 0.0353. The van der Waals surface area contributed by atoms with E-state index in [1.165, 1.54) is 0 Å². The van der Waals surface area contributed by atoms with E-state index in [-0.39, 0.29) is 17.7 Å². The molecule has 2 aromatic rings. The summed E-state index contributed by atoms with van der Waals surface area (Å²) in [7, 11) is -3.21. The van der Waals surface area contributed by atoms with Crippen molar-refractivity contribution in [3.63, 3.8) is 0 Å². The second-order valence-corrected chi connectivity index (χ2v) is 7.99. The quantitative estimate of drug-likeness (QED) is 0.854. The summed E-state index contributed by atoms with van der Waals surface area (Å²) in [6.07, 6.45) is 1.84. The molecule has 1 aliphatic heterocycles. The Morgan fingerprint density at radius 3 is 2.75 bits per heavy atom. The van der Waals surface area contributed by atoms with Crippen molar-refractivity contribution in [3.8, 4) is 0 Å². The molecule has 0 saturated carbocycles. The Kier molecular flexibility index (Phi) is 4.86. The van der Waals surface area contributed by atoms with Crippen molar-refractivity contribution in [1.29, 1.82) is 0 Å². The van der Waals surface area contributed by atoms with Crippen molar-refractivity contribution in [2.45, 2.75) is 32.2 Å². The molecule has 0 bridgehead atoms. The van der Waals surface area contributed by atoms with Gasteiger partial charge in [-0.25, -0.2) is 13.1 Å². The maximum Gasteiger partial charge on any atom is 0.274 e. The first-order chi connectivity index (χ1) is 11.5. The lowest BCUT2D eigenvalue weighted by Gasteiger charge is -2.31. The SMILES string of the molecule is CCCS(=O)(=O)NC1CCN(C(=O)c2n[nH]c3ccccc23)CC1. The fraction of sp³-hybridized carbons (Fsp3) is 0.500. The highest BCUT2D eigenvalue weighted by atomic mass is 32.2. The monoisotopic (exact) mass is 350 g/mol. The van der Waals surface area contributed by atoms with Crippen LogP contribution < -0.4 is 4.72 Å². The molecular formula is C16H22N4O3S. The van der Waals surface area contributed by atoms with E-state index < -0.39 is 10.0 Å². The Morgan fingerprint density at radius 2 is 2.04 bits per heavy atom. The number of piperidine rings is 1. The van der Waals surface area contributed by atoms with Crippen LogP contribution in [0.1, 0.15) is 36.7 Å². The lowest BCUT2D eigenvalue weighted by Crippen LogP contribution is -2.47. The van der Waals surface area contributed by atoms with Crippen LogP contribution in [0.3, 0.4) is 0 Å². The smallest absolute Gasteiger partial charge is 0.274 e. The van der Waals surface area contributed by atoms with E-state index in [4.69, 9.17) is 0 Å². The zero-order valence-corrected chi connectivity index (χ0v) is 14.5. The van der Waals surface area contributed by atoms with Crippen LogP contribution in [0.2, 0.25) is 0 Å². The van der Waals surface area contributed by atoms with Crippen LogP contribution >= 0.6 is 0 Å². The molecule has 3 rings (SSSR count). The van der Waals surface area contributed by atoms with Crippen molar-refractivity contribution in [2.75, 3.05) is 18.8 Å². The summed E-state index contributed by atoms with van der Waals surface area (Å²) in [4.78, 5) is 14.4. The van der Waals surface area contributed by atoms with Crippen LogP contribution in [-0.2, 0) is 10.0 Å². The Morgan fingerprint density at radius 1 is 1.33 bits per heavy atom. The molecule has 1 aromatic heterocycles. The molecule has 130 valence electrons. The number of hydrogen-bond acceptors (Lipinski definition) is 4.